The summed E-state index contributed by atoms with van der Waals surface area (Å²) in [6, 6.07) is 48.1. The van der Waals surface area contributed by atoms with Crippen LogP contribution in [0, 0.1) is 0 Å². The Bertz CT molecular complexity index is 4070. The van der Waals surface area contributed by atoms with Crippen molar-refractivity contribution >= 4 is 164 Å². The van der Waals surface area contributed by atoms with Gasteiger partial charge in [-0.05, 0) is 291 Å². The zero-order valence-electron chi connectivity index (χ0n) is 67.4. The van der Waals surface area contributed by atoms with Crippen molar-refractivity contribution < 1.29 is 85.6 Å². The van der Waals surface area contributed by atoms with Crippen LogP contribution in [0.25, 0.3) is 32.3 Å². The molecule has 10 rings (SSSR count). The molecule has 24 heteroatoms. The fourth-order valence-electron chi connectivity index (χ4n) is 13.0. The topological polar surface area (TPSA) is 213 Å². The number of hydrogen-bond acceptors (Lipinski definition) is 18. The van der Waals surface area contributed by atoms with E-state index in [0.29, 0.717) is 74.1 Å². The van der Waals surface area contributed by atoms with Crippen LogP contribution in [0.15, 0.2) is 182 Å². The molecule has 0 aliphatic heterocycles. The number of carbonyl (C=O) groups is 6. The summed E-state index contributed by atoms with van der Waals surface area (Å²) in [6.07, 6.45) is 23.7. The van der Waals surface area contributed by atoms with Crippen molar-refractivity contribution in [1.82, 2.24) is 0 Å². The monoisotopic (exact) mass is 2020 g/mol. The van der Waals surface area contributed by atoms with E-state index in [0.717, 1.165) is 186 Å². The van der Waals surface area contributed by atoms with Gasteiger partial charge in [0.1, 0.15) is 34.5 Å². The molecule has 0 spiro atoms. The molecule has 636 valence electrons. The number of hydrogen-bond donors (Lipinski definition) is 0. The Morgan fingerprint density at radius 2 is 0.300 bits per heavy atom. The van der Waals surface area contributed by atoms with E-state index in [4.69, 9.17) is 56.8 Å². The van der Waals surface area contributed by atoms with E-state index in [9.17, 15) is 28.8 Å². The van der Waals surface area contributed by atoms with E-state index in [1.165, 1.54) is 36.4 Å². The lowest BCUT2D eigenvalue weighted by molar-refractivity contribution is 0.0682. The van der Waals surface area contributed by atoms with Gasteiger partial charge in [0.25, 0.3) is 0 Å². The Balaban J connectivity index is 1.15. The molecule has 0 N–H and O–H groups in total. The molecule has 0 aliphatic rings. The Morgan fingerprint density at radius 1 is 0.175 bits per heavy atom. The molecule has 0 heterocycles. The third-order valence-electron chi connectivity index (χ3n) is 19.7. The standard InChI is InChI=1S/C96H102Br6O18/c97-49-13-1-7-19-55-109-73-37-25-67(26-38-73)91(103)115-85-61-79-80(62-86(85)116-92(104)68-27-39-74(40-28-68)110-56-20-8-2-14-50-98)82-64-88(118-94(106)70-31-43-76(44-32-70)112-58-22-10-4-16-52-100)90(120-96(108)72-35-47-78(48-36-72)114-60-24-12-6-18-54-102)66-84(82)83-65-89(119-95(107)71-33-45-77(46-34-71)113-59-23-11-5-17-53-101)87(63-81(79)83)117-93(105)69-29-41-75(42-30-69)111-57-21-9-3-15-51-99/h25-48,61-66H,1-24,49-60H2. The van der Waals surface area contributed by atoms with Crippen LogP contribution in [-0.4, -0.2) is 107 Å². The molecule has 0 saturated heterocycles. The quantitative estimate of drug-likeness (QED) is 0.0114. The average molecular weight is 2020 g/mol. The smallest absolute Gasteiger partial charge is 0.343 e. The molecule has 0 aliphatic carbocycles. The van der Waals surface area contributed by atoms with E-state index in [1.807, 2.05) is 0 Å². The van der Waals surface area contributed by atoms with Crippen LogP contribution < -0.4 is 56.8 Å². The van der Waals surface area contributed by atoms with E-state index in [2.05, 4.69) is 95.6 Å². The first-order chi connectivity index (χ1) is 58.8. The molecule has 0 atom stereocenters. The molecule has 18 nitrogen and oxygen atoms in total. The second-order valence-electron chi connectivity index (χ2n) is 28.7. The van der Waals surface area contributed by atoms with Gasteiger partial charge >= 0.3 is 35.8 Å². The molecular weight excluding hydrogens is 1920 g/mol. The molecule has 10 aromatic carbocycles. The Kier molecular flexibility index (Phi) is 40.7. The number of alkyl halides is 6. The molecule has 10 aromatic rings. The summed E-state index contributed by atoms with van der Waals surface area (Å²) in [5.41, 5.74) is 0.761. The minimum absolute atomic E-state index is 0.127. The van der Waals surface area contributed by atoms with Crippen LogP contribution in [0.3, 0.4) is 0 Å². The predicted octanol–water partition coefficient (Wildman–Crippen LogP) is 26.5. The summed E-state index contributed by atoms with van der Waals surface area (Å²) in [4.78, 5) is 89.1. The van der Waals surface area contributed by atoms with Gasteiger partial charge < -0.3 is 56.8 Å². The third kappa shape index (κ3) is 29.9. The summed E-state index contributed by atoms with van der Waals surface area (Å²) in [5, 5.41) is 7.23. The maximum absolute atomic E-state index is 14.9. The SMILES string of the molecule is O=C(Oc1cc2c3cc(OC(=O)c4ccc(OCCCCCCBr)cc4)c(OC(=O)c4ccc(OCCCCCCBr)cc4)cc3c3cc(OC(=O)c4ccc(OCCCCCCBr)cc4)c(OC(=O)c4ccc(OCCCCCCBr)cc4)cc3c2cc1OC(=O)c1ccc(OCCCCCCBr)cc1)c1ccc(OCCCCCCBr)cc1. The molecule has 120 heavy (non-hydrogen) atoms. The first-order valence-electron chi connectivity index (χ1n) is 41.4. The van der Waals surface area contributed by atoms with Crippen LogP contribution in [0.1, 0.15) is 216 Å². The summed E-state index contributed by atoms with van der Waals surface area (Å²) in [7, 11) is 0. The number of benzene rings is 10. The number of fused-ring (bicyclic) bond motifs is 6. The second kappa shape index (κ2) is 52.1. The molecule has 0 aromatic heterocycles. The number of halogens is 6. The van der Waals surface area contributed by atoms with Gasteiger partial charge in [-0.25, -0.2) is 28.8 Å². The van der Waals surface area contributed by atoms with Crippen LogP contribution in [0.5, 0.6) is 69.0 Å². The highest BCUT2D eigenvalue weighted by Gasteiger charge is 2.28. The number of rotatable bonds is 54. The number of unbranched alkanes of at least 4 members (excludes halogenated alkanes) is 18. The Morgan fingerprint density at radius 3 is 0.425 bits per heavy atom. The van der Waals surface area contributed by atoms with Crippen LogP contribution >= 0.6 is 95.6 Å². The lowest BCUT2D eigenvalue weighted by atomic mass is 9.93. The van der Waals surface area contributed by atoms with Gasteiger partial charge in [-0.3, -0.25) is 0 Å². The van der Waals surface area contributed by atoms with Crippen LogP contribution in [-0.2, 0) is 0 Å². The first-order valence-corrected chi connectivity index (χ1v) is 48.1. The van der Waals surface area contributed by atoms with Crippen molar-refractivity contribution in [3.63, 3.8) is 0 Å². The molecule has 0 radical (unpaired) electrons. The van der Waals surface area contributed by atoms with Gasteiger partial charge in [-0.1, -0.05) is 173 Å². The first kappa shape index (κ1) is 93.7. The highest BCUT2D eigenvalue weighted by atomic mass is 79.9. The van der Waals surface area contributed by atoms with Crippen molar-refractivity contribution in [3.05, 3.63) is 215 Å². The highest BCUT2D eigenvalue weighted by molar-refractivity contribution is 9.10. The minimum atomic E-state index is -0.836. The number of carbonyl (C=O) groups excluding carboxylic acids is 6. The summed E-state index contributed by atoms with van der Waals surface area (Å²) in [5.74, 6) is -3.15. The molecule has 0 amide bonds. The Hall–Kier alpha value is -8.52. The molecule has 0 saturated carbocycles. The van der Waals surface area contributed by atoms with Gasteiger partial charge in [-0.15, -0.1) is 0 Å². The van der Waals surface area contributed by atoms with Crippen molar-refractivity contribution in [3.8, 4) is 69.0 Å². The normalized spacial score (nSPS) is 11.2. The summed E-state index contributed by atoms with van der Waals surface area (Å²) < 4.78 is 74.9. The average Bonchev–Trinajstić information content (AvgIpc) is 0.721. The number of esters is 6. The van der Waals surface area contributed by atoms with E-state index in [-0.39, 0.29) is 100 Å². The van der Waals surface area contributed by atoms with E-state index in [1.54, 1.807) is 146 Å². The maximum atomic E-state index is 14.9. The van der Waals surface area contributed by atoms with Crippen molar-refractivity contribution in [2.75, 3.05) is 71.6 Å². The van der Waals surface area contributed by atoms with Crippen molar-refractivity contribution in [1.29, 1.82) is 0 Å². The maximum Gasteiger partial charge on any atom is 0.343 e. The van der Waals surface area contributed by atoms with Crippen LogP contribution in [0.4, 0.5) is 0 Å². The largest absolute Gasteiger partial charge is 0.494 e. The van der Waals surface area contributed by atoms with Crippen molar-refractivity contribution in [2.45, 2.75) is 154 Å². The van der Waals surface area contributed by atoms with E-state index >= 15 is 0 Å². The lowest BCUT2D eigenvalue weighted by Gasteiger charge is -2.19. The molecule has 0 fully saturated rings. The molecule has 0 bridgehead atoms. The van der Waals surface area contributed by atoms with E-state index < -0.39 is 35.8 Å². The second-order valence-corrected chi connectivity index (χ2v) is 33.5. The lowest BCUT2D eigenvalue weighted by Crippen LogP contribution is -2.14. The third-order valence-corrected chi connectivity index (χ3v) is 23.0. The molecular formula is C96H102Br6O18. The van der Waals surface area contributed by atoms with Gasteiger partial charge in [-0.2, -0.15) is 0 Å². The van der Waals surface area contributed by atoms with Gasteiger partial charge in [0.2, 0.25) is 0 Å². The van der Waals surface area contributed by atoms with Gasteiger partial charge in [0, 0.05) is 32.0 Å². The molecule has 0 unspecified atom stereocenters. The van der Waals surface area contributed by atoms with Crippen molar-refractivity contribution in [2.24, 2.45) is 0 Å². The zero-order valence-corrected chi connectivity index (χ0v) is 76.9. The predicted molar refractivity (Wildman–Crippen MR) is 494 cm³/mol. The number of ether oxygens (including phenoxy) is 12. The summed E-state index contributed by atoms with van der Waals surface area (Å²) >= 11 is 21.0. The fraction of sp³-hybridized carbons (Fsp3) is 0.375. The van der Waals surface area contributed by atoms with Crippen LogP contribution in [0.2, 0.25) is 0 Å². The summed E-state index contributed by atoms with van der Waals surface area (Å²) in [6.45, 7) is 2.86. The fourth-order valence-corrected chi connectivity index (χ4v) is 15.4. The zero-order chi connectivity index (χ0) is 84.5. The highest BCUT2D eigenvalue weighted by Crippen LogP contribution is 2.48. The minimum Gasteiger partial charge on any atom is -0.494 e. The van der Waals surface area contributed by atoms with Gasteiger partial charge in [0.05, 0.1) is 73.0 Å². The Labute approximate surface area is 753 Å². The van der Waals surface area contributed by atoms with Gasteiger partial charge in [0.15, 0.2) is 34.5 Å².